The van der Waals surface area contributed by atoms with Gasteiger partial charge in [0, 0.05) is 11.9 Å². The van der Waals surface area contributed by atoms with Gasteiger partial charge in [-0.05, 0) is 36.4 Å². The number of ether oxygens (including phenoxy) is 1. The SMILES string of the molecule is O=C(Nc1ccccc1)OCC#Cc1ccc(-c2ccccn2)s1. The zero-order valence-corrected chi connectivity index (χ0v) is 13.5. The number of carbonyl (C=O) groups is 1. The van der Waals surface area contributed by atoms with E-state index in [0.29, 0.717) is 5.69 Å². The minimum atomic E-state index is -0.518. The number of rotatable bonds is 3. The van der Waals surface area contributed by atoms with Crippen molar-refractivity contribution >= 4 is 23.1 Å². The van der Waals surface area contributed by atoms with Crippen LogP contribution in [-0.4, -0.2) is 17.7 Å². The maximum Gasteiger partial charge on any atom is 0.412 e. The fourth-order valence-electron chi connectivity index (χ4n) is 1.95. The van der Waals surface area contributed by atoms with Crippen molar-refractivity contribution in [3.8, 4) is 22.4 Å². The number of nitrogens with zero attached hydrogens (tertiary/aromatic N) is 1. The normalized spacial score (nSPS) is 9.67. The van der Waals surface area contributed by atoms with Gasteiger partial charge in [0.05, 0.1) is 15.4 Å². The van der Waals surface area contributed by atoms with Crippen LogP contribution in [0.1, 0.15) is 4.88 Å². The molecule has 0 atom stereocenters. The first-order valence-electron chi connectivity index (χ1n) is 7.30. The monoisotopic (exact) mass is 334 g/mol. The highest BCUT2D eigenvalue weighted by Crippen LogP contribution is 2.25. The summed E-state index contributed by atoms with van der Waals surface area (Å²) in [4.78, 5) is 17.9. The number of hydrogen-bond donors (Lipinski definition) is 1. The summed E-state index contributed by atoms with van der Waals surface area (Å²) in [5, 5.41) is 2.63. The van der Waals surface area contributed by atoms with Crippen LogP contribution in [0.4, 0.5) is 10.5 Å². The molecule has 1 N–H and O–H groups in total. The Morgan fingerprint density at radius 3 is 2.71 bits per heavy atom. The number of hydrogen-bond acceptors (Lipinski definition) is 4. The van der Waals surface area contributed by atoms with Crippen molar-refractivity contribution in [3.63, 3.8) is 0 Å². The molecule has 24 heavy (non-hydrogen) atoms. The average molecular weight is 334 g/mol. The predicted octanol–water partition coefficient (Wildman–Crippen LogP) is 4.41. The van der Waals surface area contributed by atoms with Gasteiger partial charge in [-0.3, -0.25) is 10.3 Å². The fraction of sp³-hybridized carbons (Fsp3) is 0.0526. The van der Waals surface area contributed by atoms with Gasteiger partial charge in [0.15, 0.2) is 6.61 Å². The van der Waals surface area contributed by atoms with Crippen molar-refractivity contribution in [1.29, 1.82) is 0 Å². The van der Waals surface area contributed by atoms with Gasteiger partial charge in [0.25, 0.3) is 0 Å². The van der Waals surface area contributed by atoms with E-state index in [4.69, 9.17) is 4.74 Å². The molecular formula is C19H14N2O2S. The van der Waals surface area contributed by atoms with Crippen LogP contribution in [0.2, 0.25) is 0 Å². The second-order valence-corrected chi connectivity index (χ2v) is 5.83. The Morgan fingerprint density at radius 2 is 1.92 bits per heavy atom. The van der Waals surface area contributed by atoms with Crippen LogP contribution in [0.5, 0.6) is 0 Å². The molecule has 2 heterocycles. The molecule has 0 aliphatic rings. The van der Waals surface area contributed by atoms with Crippen molar-refractivity contribution in [2.24, 2.45) is 0 Å². The number of pyridine rings is 1. The number of anilines is 1. The molecule has 4 nitrogen and oxygen atoms in total. The summed E-state index contributed by atoms with van der Waals surface area (Å²) in [7, 11) is 0. The maximum absolute atomic E-state index is 11.6. The second kappa shape index (κ2) is 7.95. The number of aromatic nitrogens is 1. The number of para-hydroxylation sites is 1. The summed E-state index contributed by atoms with van der Waals surface area (Å²) >= 11 is 1.56. The number of carbonyl (C=O) groups excluding carboxylic acids is 1. The molecule has 2 aromatic heterocycles. The first kappa shape index (κ1) is 15.8. The lowest BCUT2D eigenvalue weighted by Crippen LogP contribution is -2.13. The molecule has 0 fully saturated rings. The van der Waals surface area contributed by atoms with Crippen LogP contribution in [0.15, 0.2) is 66.9 Å². The van der Waals surface area contributed by atoms with Gasteiger partial charge in [-0.2, -0.15) is 0 Å². The molecular weight excluding hydrogens is 320 g/mol. The Balaban J connectivity index is 1.51. The summed E-state index contributed by atoms with van der Waals surface area (Å²) in [6, 6.07) is 18.8. The van der Waals surface area contributed by atoms with Crippen molar-refractivity contribution in [1.82, 2.24) is 4.98 Å². The first-order valence-corrected chi connectivity index (χ1v) is 8.12. The van der Waals surface area contributed by atoms with Gasteiger partial charge in [-0.15, -0.1) is 11.3 Å². The third kappa shape index (κ3) is 4.45. The Kier molecular flexibility index (Phi) is 5.23. The summed E-state index contributed by atoms with van der Waals surface area (Å²) in [5.41, 5.74) is 1.61. The van der Waals surface area contributed by atoms with Crippen LogP contribution in [0, 0.1) is 11.8 Å². The minimum Gasteiger partial charge on any atom is -0.436 e. The van der Waals surface area contributed by atoms with E-state index in [1.54, 1.807) is 29.7 Å². The smallest absolute Gasteiger partial charge is 0.412 e. The number of thiophene rings is 1. The topological polar surface area (TPSA) is 51.2 Å². The molecule has 3 rings (SSSR count). The van der Waals surface area contributed by atoms with Crippen molar-refractivity contribution in [2.45, 2.75) is 0 Å². The lowest BCUT2D eigenvalue weighted by atomic mass is 10.3. The second-order valence-electron chi connectivity index (χ2n) is 4.75. The molecule has 0 aliphatic heterocycles. The molecule has 1 amide bonds. The molecule has 0 saturated heterocycles. The van der Waals surface area contributed by atoms with E-state index < -0.39 is 6.09 Å². The van der Waals surface area contributed by atoms with Gasteiger partial charge < -0.3 is 4.74 Å². The highest BCUT2D eigenvalue weighted by molar-refractivity contribution is 7.16. The van der Waals surface area contributed by atoms with Crippen LogP contribution in [-0.2, 0) is 4.74 Å². The molecule has 0 radical (unpaired) electrons. The van der Waals surface area contributed by atoms with E-state index >= 15 is 0 Å². The molecule has 0 saturated carbocycles. The van der Waals surface area contributed by atoms with Crippen molar-refractivity contribution in [2.75, 3.05) is 11.9 Å². The number of amides is 1. The minimum absolute atomic E-state index is 0.0372. The van der Waals surface area contributed by atoms with E-state index in [1.807, 2.05) is 48.5 Å². The Morgan fingerprint density at radius 1 is 1.08 bits per heavy atom. The number of benzene rings is 1. The largest absolute Gasteiger partial charge is 0.436 e. The van der Waals surface area contributed by atoms with Gasteiger partial charge in [0.2, 0.25) is 0 Å². The first-order chi connectivity index (χ1) is 11.8. The fourth-order valence-corrected chi connectivity index (χ4v) is 2.81. The Labute approximate surface area is 144 Å². The zero-order valence-electron chi connectivity index (χ0n) is 12.7. The molecule has 0 aliphatic carbocycles. The highest BCUT2D eigenvalue weighted by atomic mass is 32.1. The molecule has 5 heteroatoms. The quantitative estimate of drug-likeness (QED) is 0.722. The molecule has 0 spiro atoms. The lowest BCUT2D eigenvalue weighted by Gasteiger charge is -2.03. The van der Waals surface area contributed by atoms with E-state index in [1.165, 1.54) is 0 Å². The van der Waals surface area contributed by atoms with Crippen molar-refractivity contribution in [3.05, 3.63) is 71.7 Å². The summed E-state index contributed by atoms with van der Waals surface area (Å²) in [5.74, 6) is 5.83. The number of nitrogens with one attached hydrogen (secondary N) is 1. The highest BCUT2D eigenvalue weighted by Gasteiger charge is 2.02. The van der Waals surface area contributed by atoms with E-state index in [9.17, 15) is 4.79 Å². The Hall–Kier alpha value is -3.10. The van der Waals surface area contributed by atoms with Gasteiger partial charge in [-0.25, -0.2) is 4.79 Å². The van der Waals surface area contributed by atoms with Crippen LogP contribution in [0.3, 0.4) is 0 Å². The van der Waals surface area contributed by atoms with Crippen LogP contribution >= 0.6 is 11.3 Å². The third-order valence-electron chi connectivity index (χ3n) is 3.03. The standard InChI is InChI=1S/C19H14N2O2S/c22-19(21-15-7-2-1-3-8-15)23-14-6-9-16-11-12-18(24-16)17-10-4-5-13-20-17/h1-5,7-8,10-13H,14H2,(H,21,22). The zero-order chi connectivity index (χ0) is 16.6. The average Bonchev–Trinajstić information content (AvgIpc) is 3.09. The third-order valence-corrected chi connectivity index (χ3v) is 4.05. The van der Waals surface area contributed by atoms with E-state index in [-0.39, 0.29) is 6.61 Å². The molecule has 118 valence electrons. The van der Waals surface area contributed by atoms with E-state index in [0.717, 1.165) is 15.4 Å². The Bertz CT molecular complexity index is 864. The summed E-state index contributed by atoms with van der Waals surface area (Å²) in [6.07, 6.45) is 1.25. The van der Waals surface area contributed by atoms with Crippen molar-refractivity contribution < 1.29 is 9.53 Å². The molecule has 0 bridgehead atoms. The van der Waals surface area contributed by atoms with Gasteiger partial charge >= 0.3 is 6.09 Å². The van der Waals surface area contributed by atoms with Gasteiger partial charge in [-0.1, -0.05) is 36.1 Å². The van der Waals surface area contributed by atoms with Crippen LogP contribution in [0.25, 0.3) is 10.6 Å². The van der Waals surface area contributed by atoms with Gasteiger partial charge in [0.1, 0.15) is 0 Å². The molecule has 3 aromatic rings. The maximum atomic E-state index is 11.6. The predicted molar refractivity (Wildman–Crippen MR) is 95.8 cm³/mol. The van der Waals surface area contributed by atoms with Crippen LogP contribution < -0.4 is 5.32 Å². The lowest BCUT2D eigenvalue weighted by molar-refractivity contribution is 0.176. The molecule has 1 aromatic carbocycles. The summed E-state index contributed by atoms with van der Waals surface area (Å²) in [6.45, 7) is 0.0372. The summed E-state index contributed by atoms with van der Waals surface area (Å²) < 4.78 is 5.03. The van der Waals surface area contributed by atoms with E-state index in [2.05, 4.69) is 22.1 Å². The molecule has 0 unspecified atom stereocenters.